The monoisotopic (exact) mass is 597 g/mol. The number of nitrogens with zero attached hydrogens (tertiary/aromatic N) is 3. The summed E-state index contributed by atoms with van der Waals surface area (Å²) in [5, 5.41) is 0. The summed E-state index contributed by atoms with van der Waals surface area (Å²) in [4.78, 5) is 15.2. The third kappa shape index (κ3) is 5.78. The number of hydrogen-bond donors (Lipinski definition) is 0. The molecule has 3 nitrogen and oxygen atoms in total. The molecule has 3 aromatic rings. The summed E-state index contributed by atoms with van der Waals surface area (Å²) in [6.45, 7) is 0.888. The molecule has 0 bridgehead atoms. The lowest BCUT2D eigenvalue weighted by atomic mass is 9.71. The van der Waals surface area contributed by atoms with Crippen LogP contribution >= 0.6 is 0 Å². The van der Waals surface area contributed by atoms with Gasteiger partial charge in [0.25, 0.3) is 0 Å². The summed E-state index contributed by atoms with van der Waals surface area (Å²) >= 11 is 0. The molecule has 3 heteroatoms. The second-order valence-electron chi connectivity index (χ2n) is 12.8. The third-order valence-corrected chi connectivity index (χ3v) is 9.91. The highest BCUT2D eigenvalue weighted by atomic mass is 14.9. The van der Waals surface area contributed by atoms with E-state index in [-0.39, 0.29) is 0 Å². The quantitative estimate of drug-likeness (QED) is 0.265. The molecule has 0 amide bonds. The predicted molar refractivity (Wildman–Crippen MR) is 192 cm³/mol. The molecule has 226 valence electrons. The number of allylic oxidation sites excluding steroid dienone is 12. The highest BCUT2D eigenvalue weighted by molar-refractivity contribution is 5.99. The Morgan fingerprint density at radius 3 is 2.50 bits per heavy atom. The van der Waals surface area contributed by atoms with Crippen LogP contribution in [0.3, 0.4) is 0 Å². The van der Waals surface area contributed by atoms with Gasteiger partial charge in [0.15, 0.2) is 5.82 Å². The van der Waals surface area contributed by atoms with Gasteiger partial charge in [-0.3, -0.25) is 4.99 Å². The number of fused-ring (bicyclic) bond motifs is 3. The van der Waals surface area contributed by atoms with Gasteiger partial charge in [-0.2, -0.15) is 0 Å². The number of aromatic nitrogens is 2. The Kier molecular flexibility index (Phi) is 7.98. The van der Waals surface area contributed by atoms with E-state index in [9.17, 15) is 0 Å². The molecule has 0 spiro atoms. The van der Waals surface area contributed by atoms with E-state index in [1.807, 2.05) is 0 Å². The molecule has 0 N–H and O–H groups in total. The molecule has 4 atom stereocenters. The average molecular weight is 598 g/mol. The van der Waals surface area contributed by atoms with Crippen molar-refractivity contribution in [2.45, 2.75) is 43.9 Å². The zero-order valence-corrected chi connectivity index (χ0v) is 26.2. The van der Waals surface area contributed by atoms with E-state index < -0.39 is 0 Å². The molecule has 4 aliphatic carbocycles. The largest absolute Gasteiger partial charge is 0.289 e. The van der Waals surface area contributed by atoms with Gasteiger partial charge in [-0.1, -0.05) is 121 Å². The third-order valence-electron chi connectivity index (χ3n) is 9.91. The number of dihydropyridines is 1. The fraction of sp³-hybridized carbons (Fsp3) is 0.233. The van der Waals surface area contributed by atoms with Gasteiger partial charge in [0.1, 0.15) is 0 Å². The minimum atomic E-state index is 0.312. The van der Waals surface area contributed by atoms with Crippen LogP contribution in [0.2, 0.25) is 0 Å². The van der Waals surface area contributed by atoms with Crippen LogP contribution in [0.4, 0.5) is 0 Å². The van der Waals surface area contributed by atoms with Crippen molar-refractivity contribution < 1.29 is 0 Å². The SMILES string of the molecule is C1=CCC(c2ccccc2/C=C/c2cc(C3=CC4CCC=C[C@@H]4c4ccccc43)nc(C3=CCC(C4=NCCC=C4)C=C3)n2)C=C1. The Morgan fingerprint density at radius 2 is 1.65 bits per heavy atom. The normalized spacial score (nSPS) is 24.7. The van der Waals surface area contributed by atoms with Crippen molar-refractivity contribution >= 4 is 29.0 Å². The van der Waals surface area contributed by atoms with Gasteiger partial charge in [0.05, 0.1) is 11.4 Å². The second kappa shape index (κ2) is 12.8. The van der Waals surface area contributed by atoms with Gasteiger partial charge in [-0.05, 0) is 78.5 Å². The van der Waals surface area contributed by atoms with Crippen LogP contribution in [-0.2, 0) is 0 Å². The van der Waals surface area contributed by atoms with Crippen molar-refractivity contribution in [2.24, 2.45) is 16.8 Å². The standard InChI is InChI=1S/C43H39N3/c1-2-12-30(13-3-1)36-16-6-4-14-31(36)25-26-35-29-42(40-28-34-15-5-7-17-37(34)38-18-8-9-19-39(38)40)46-43(45-35)33-23-21-32(22-24-33)41-20-10-11-27-44-41/h1-4,6-10,12,14,16-21,23-26,28-30,32,34,37H,5,11,13,15,22,27H2/b26-25+/t30?,32?,34?,37-/m0/s1. The number of aliphatic imine (C=N–C) groups is 1. The number of rotatable bonds is 6. The molecule has 8 rings (SSSR count). The minimum absolute atomic E-state index is 0.312. The Bertz CT molecular complexity index is 1920. The first kappa shape index (κ1) is 28.6. The van der Waals surface area contributed by atoms with Gasteiger partial charge in [-0.15, -0.1) is 0 Å². The average Bonchev–Trinajstić information content (AvgIpc) is 3.14. The first-order chi connectivity index (χ1) is 22.8. The highest BCUT2D eigenvalue weighted by Crippen LogP contribution is 2.45. The maximum Gasteiger partial charge on any atom is 0.160 e. The lowest BCUT2D eigenvalue weighted by Gasteiger charge is -2.33. The first-order valence-corrected chi connectivity index (χ1v) is 16.9. The Balaban J connectivity index is 1.19. The van der Waals surface area contributed by atoms with Crippen molar-refractivity contribution in [3.05, 3.63) is 167 Å². The van der Waals surface area contributed by atoms with Gasteiger partial charge in [0, 0.05) is 41.2 Å². The summed E-state index contributed by atoms with van der Waals surface area (Å²) in [7, 11) is 0. The Morgan fingerprint density at radius 1 is 0.739 bits per heavy atom. The molecule has 0 fully saturated rings. The summed E-state index contributed by atoms with van der Waals surface area (Å²) < 4.78 is 0. The van der Waals surface area contributed by atoms with Crippen LogP contribution in [0.15, 0.2) is 133 Å². The lowest BCUT2D eigenvalue weighted by Crippen LogP contribution is -2.19. The smallest absolute Gasteiger partial charge is 0.160 e. The predicted octanol–water partition coefficient (Wildman–Crippen LogP) is 10.1. The number of hydrogen-bond acceptors (Lipinski definition) is 3. The van der Waals surface area contributed by atoms with Crippen molar-refractivity contribution in [1.29, 1.82) is 0 Å². The van der Waals surface area contributed by atoms with Crippen molar-refractivity contribution in [1.82, 2.24) is 9.97 Å². The van der Waals surface area contributed by atoms with E-state index in [0.717, 1.165) is 55.0 Å². The molecule has 2 aromatic carbocycles. The van der Waals surface area contributed by atoms with Crippen LogP contribution < -0.4 is 0 Å². The molecule has 1 aliphatic heterocycles. The molecule has 3 unspecified atom stereocenters. The topological polar surface area (TPSA) is 38.1 Å². The molecule has 2 heterocycles. The Hall–Kier alpha value is -4.89. The second-order valence-corrected chi connectivity index (χ2v) is 12.8. The maximum absolute atomic E-state index is 5.29. The zero-order valence-electron chi connectivity index (χ0n) is 26.2. The van der Waals surface area contributed by atoms with E-state index in [0.29, 0.717) is 23.7 Å². The van der Waals surface area contributed by atoms with Crippen molar-refractivity contribution in [2.75, 3.05) is 6.54 Å². The van der Waals surface area contributed by atoms with Crippen LogP contribution in [0.1, 0.15) is 83.4 Å². The molecular formula is C43H39N3. The summed E-state index contributed by atoms with van der Waals surface area (Å²) in [5.41, 5.74) is 10.7. The zero-order chi connectivity index (χ0) is 30.7. The van der Waals surface area contributed by atoms with Crippen molar-refractivity contribution in [3.63, 3.8) is 0 Å². The summed E-state index contributed by atoms with van der Waals surface area (Å²) in [6, 6.07) is 19.8. The van der Waals surface area contributed by atoms with E-state index >= 15 is 0 Å². The maximum atomic E-state index is 5.29. The number of benzene rings is 2. The fourth-order valence-corrected chi connectivity index (χ4v) is 7.51. The fourth-order valence-electron chi connectivity index (χ4n) is 7.51. The van der Waals surface area contributed by atoms with Gasteiger partial charge in [0.2, 0.25) is 0 Å². The Labute approximate surface area is 272 Å². The van der Waals surface area contributed by atoms with Crippen LogP contribution in [-0.4, -0.2) is 22.2 Å². The highest BCUT2D eigenvalue weighted by Gasteiger charge is 2.30. The van der Waals surface area contributed by atoms with Gasteiger partial charge < -0.3 is 0 Å². The molecule has 46 heavy (non-hydrogen) atoms. The van der Waals surface area contributed by atoms with Crippen LogP contribution in [0.5, 0.6) is 0 Å². The molecule has 0 saturated carbocycles. The van der Waals surface area contributed by atoms with Crippen LogP contribution in [0, 0.1) is 11.8 Å². The van der Waals surface area contributed by atoms with E-state index in [1.165, 1.54) is 40.0 Å². The van der Waals surface area contributed by atoms with E-state index in [1.54, 1.807) is 0 Å². The lowest BCUT2D eigenvalue weighted by molar-refractivity contribution is 0.514. The molecule has 0 radical (unpaired) electrons. The first-order valence-electron chi connectivity index (χ1n) is 16.9. The van der Waals surface area contributed by atoms with E-state index in [4.69, 9.17) is 15.0 Å². The molecule has 5 aliphatic rings. The molecule has 1 aromatic heterocycles. The summed E-state index contributed by atoms with van der Waals surface area (Å²) in [5.74, 6) is 2.40. The van der Waals surface area contributed by atoms with E-state index in [2.05, 4.69) is 140 Å². The molecule has 0 saturated heterocycles. The van der Waals surface area contributed by atoms with Gasteiger partial charge in [-0.25, -0.2) is 9.97 Å². The van der Waals surface area contributed by atoms with Gasteiger partial charge >= 0.3 is 0 Å². The molecular weight excluding hydrogens is 558 g/mol. The van der Waals surface area contributed by atoms with Crippen LogP contribution in [0.25, 0.3) is 23.3 Å². The summed E-state index contributed by atoms with van der Waals surface area (Å²) in [6.07, 6.45) is 37.0. The van der Waals surface area contributed by atoms with Crippen molar-refractivity contribution in [3.8, 4) is 0 Å². The minimum Gasteiger partial charge on any atom is -0.289 e.